The van der Waals surface area contributed by atoms with Crippen molar-refractivity contribution in [2.75, 3.05) is 25.4 Å². The zero-order valence-corrected chi connectivity index (χ0v) is 11.3. The van der Waals surface area contributed by atoms with Crippen LogP contribution in [-0.4, -0.2) is 36.5 Å². The minimum atomic E-state index is -0.159. The largest absolute Gasteiger partial charge is 0.466 e. The highest BCUT2D eigenvalue weighted by Gasteiger charge is 2.26. The van der Waals surface area contributed by atoms with Gasteiger partial charge < -0.3 is 10.1 Å². The summed E-state index contributed by atoms with van der Waals surface area (Å²) in [5.74, 6) is 0.781. The normalized spacial score (nSPS) is 21.2. The number of esters is 1. The van der Waals surface area contributed by atoms with Crippen molar-refractivity contribution in [1.82, 2.24) is 5.32 Å². The second-order valence-electron chi connectivity index (χ2n) is 4.35. The quantitative estimate of drug-likeness (QED) is 0.732. The average Bonchev–Trinajstić information content (AvgIpc) is 2.76. The van der Waals surface area contributed by atoms with E-state index in [-0.39, 0.29) is 17.0 Å². The lowest BCUT2D eigenvalue weighted by molar-refractivity contribution is -0.147. The Balaban J connectivity index is 2.44. The zero-order valence-electron chi connectivity index (χ0n) is 10.5. The van der Waals surface area contributed by atoms with E-state index in [4.69, 9.17) is 4.74 Å². The summed E-state index contributed by atoms with van der Waals surface area (Å²) in [6.45, 7) is 5.75. The summed E-state index contributed by atoms with van der Waals surface area (Å²) in [4.78, 5) is 22.7. The zero-order chi connectivity index (χ0) is 12.7. The highest BCUT2D eigenvalue weighted by molar-refractivity contribution is 8.13. The molecule has 2 unspecified atom stereocenters. The predicted octanol–water partition coefficient (Wildman–Crippen LogP) is 1.44. The summed E-state index contributed by atoms with van der Waals surface area (Å²) in [6.07, 6.45) is 1.94. The van der Waals surface area contributed by atoms with Gasteiger partial charge in [-0.2, -0.15) is 0 Å². The molecule has 1 fully saturated rings. The van der Waals surface area contributed by atoms with Crippen molar-refractivity contribution in [3.63, 3.8) is 0 Å². The van der Waals surface area contributed by atoms with Crippen LogP contribution in [-0.2, 0) is 14.3 Å². The van der Waals surface area contributed by atoms with E-state index in [1.807, 2.05) is 6.92 Å². The number of carbonyl (C=O) groups excluding carboxylic acids is 2. The number of carbonyl (C=O) groups is 2. The van der Waals surface area contributed by atoms with Gasteiger partial charge in [0.25, 0.3) is 0 Å². The Labute approximate surface area is 107 Å². The Morgan fingerprint density at radius 2 is 2.29 bits per heavy atom. The van der Waals surface area contributed by atoms with Crippen LogP contribution in [0.25, 0.3) is 0 Å². The fourth-order valence-electron chi connectivity index (χ4n) is 2.03. The summed E-state index contributed by atoms with van der Waals surface area (Å²) in [7, 11) is 0. The molecule has 0 aromatic heterocycles. The molecule has 0 amide bonds. The molecule has 1 aliphatic heterocycles. The maximum atomic E-state index is 11.8. The molecular weight excluding hydrogens is 238 g/mol. The van der Waals surface area contributed by atoms with Crippen LogP contribution in [0.2, 0.25) is 0 Å². The van der Waals surface area contributed by atoms with Gasteiger partial charge in [-0.3, -0.25) is 9.59 Å². The number of hydrogen-bond acceptors (Lipinski definition) is 5. The molecule has 17 heavy (non-hydrogen) atoms. The van der Waals surface area contributed by atoms with Gasteiger partial charge in [0, 0.05) is 12.7 Å². The molecule has 2 atom stereocenters. The minimum absolute atomic E-state index is 0.0591. The van der Waals surface area contributed by atoms with Crippen LogP contribution >= 0.6 is 11.8 Å². The molecule has 4 nitrogen and oxygen atoms in total. The molecule has 0 saturated carbocycles. The summed E-state index contributed by atoms with van der Waals surface area (Å²) >= 11 is 1.22. The molecular formula is C12H21NO3S. The van der Waals surface area contributed by atoms with E-state index in [1.54, 1.807) is 0 Å². The number of thioether (sulfide) groups is 1. The van der Waals surface area contributed by atoms with Gasteiger partial charge in [-0.15, -0.1) is 0 Å². The first kappa shape index (κ1) is 14.5. The van der Waals surface area contributed by atoms with Crippen molar-refractivity contribution in [3.8, 4) is 0 Å². The van der Waals surface area contributed by atoms with Gasteiger partial charge >= 0.3 is 5.97 Å². The number of nitrogens with one attached hydrogen (secondary N) is 1. The van der Waals surface area contributed by atoms with Crippen molar-refractivity contribution in [1.29, 1.82) is 0 Å². The molecule has 0 bridgehead atoms. The van der Waals surface area contributed by atoms with Crippen LogP contribution in [0.4, 0.5) is 0 Å². The molecule has 98 valence electrons. The number of rotatable bonds is 6. The molecule has 0 aromatic carbocycles. The van der Waals surface area contributed by atoms with E-state index in [0.717, 1.165) is 25.9 Å². The Morgan fingerprint density at radius 1 is 1.53 bits per heavy atom. The fourth-order valence-corrected chi connectivity index (χ4v) is 2.74. The van der Waals surface area contributed by atoms with Gasteiger partial charge in [-0.1, -0.05) is 11.8 Å². The first-order valence-electron chi connectivity index (χ1n) is 6.14. The Hall–Kier alpha value is -0.550. The number of hydrogen-bond donors (Lipinski definition) is 1. The smallest absolute Gasteiger partial charge is 0.309 e. The topological polar surface area (TPSA) is 55.4 Å². The van der Waals surface area contributed by atoms with Gasteiger partial charge in [-0.05, 0) is 38.8 Å². The van der Waals surface area contributed by atoms with Crippen molar-refractivity contribution in [2.45, 2.75) is 26.7 Å². The Morgan fingerprint density at radius 3 is 2.82 bits per heavy atom. The third-order valence-electron chi connectivity index (χ3n) is 2.89. The van der Waals surface area contributed by atoms with Gasteiger partial charge in [0.15, 0.2) is 5.12 Å². The summed E-state index contributed by atoms with van der Waals surface area (Å²) in [5, 5.41) is 3.35. The van der Waals surface area contributed by atoms with Crippen LogP contribution in [0, 0.1) is 11.8 Å². The summed E-state index contributed by atoms with van der Waals surface area (Å²) < 4.78 is 5.06. The molecule has 0 aliphatic carbocycles. The fraction of sp³-hybridized carbons (Fsp3) is 0.833. The predicted molar refractivity (Wildman–Crippen MR) is 68.9 cm³/mol. The molecule has 0 aromatic rings. The molecule has 1 heterocycles. The highest BCUT2D eigenvalue weighted by Crippen LogP contribution is 2.23. The first-order chi connectivity index (χ1) is 8.13. The maximum absolute atomic E-state index is 11.8. The van der Waals surface area contributed by atoms with Crippen LogP contribution in [0.5, 0.6) is 0 Å². The molecule has 0 radical (unpaired) electrons. The second-order valence-corrected chi connectivity index (χ2v) is 5.54. The van der Waals surface area contributed by atoms with Gasteiger partial charge in [0.05, 0.1) is 12.5 Å². The third kappa shape index (κ3) is 5.55. The monoisotopic (exact) mass is 259 g/mol. The minimum Gasteiger partial charge on any atom is -0.466 e. The molecule has 5 heteroatoms. The average molecular weight is 259 g/mol. The molecule has 1 saturated heterocycles. The standard InChI is InChI=1S/C12H21NO3S/c1-3-16-12(15)11(8-17-9(2)14)6-10-4-5-13-7-10/h10-11,13H,3-8H2,1-2H3. The van der Waals surface area contributed by atoms with Crippen molar-refractivity contribution in [3.05, 3.63) is 0 Å². The van der Waals surface area contributed by atoms with Crippen molar-refractivity contribution in [2.24, 2.45) is 11.8 Å². The molecule has 1 rings (SSSR count). The van der Waals surface area contributed by atoms with Crippen LogP contribution in [0.3, 0.4) is 0 Å². The van der Waals surface area contributed by atoms with Gasteiger partial charge in [0.2, 0.25) is 0 Å². The van der Waals surface area contributed by atoms with Crippen LogP contribution < -0.4 is 5.32 Å². The summed E-state index contributed by atoms with van der Waals surface area (Å²) in [6, 6.07) is 0. The molecule has 1 N–H and O–H groups in total. The van der Waals surface area contributed by atoms with Gasteiger partial charge in [0.1, 0.15) is 0 Å². The van der Waals surface area contributed by atoms with E-state index in [9.17, 15) is 9.59 Å². The van der Waals surface area contributed by atoms with Crippen LogP contribution in [0.15, 0.2) is 0 Å². The molecule has 1 aliphatic rings. The van der Waals surface area contributed by atoms with Crippen molar-refractivity contribution < 1.29 is 14.3 Å². The lowest BCUT2D eigenvalue weighted by atomic mass is 9.95. The number of ether oxygens (including phenoxy) is 1. The SMILES string of the molecule is CCOC(=O)C(CSC(C)=O)CC1CCNC1. The Kier molecular flexibility index (Phi) is 6.58. The van der Waals surface area contributed by atoms with E-state index < -0.39 is 0 Å². The highest BCUT2D eigenvalue weighted by atomic mass is 32.2. The first-order valence-corrected chi connectivity index (χ1v) is 7.12. The third-order valence-corrected chi connectivity index (χ3v) is 3.86. The summed E-state index contributed by atoms with van der Waals surface area (Å²) in [5.41, 5.74) is 0. The van der Waals surface area contributed by atoms with Crippen molar-refractivity contribution >= 4 is 22.8 Å². The van der Waals surface area contributed by atoms with E-state index in [2.05, 4.69) is 5.32 Å². The van der Waals surface area contributed by atoms with E-state index >= 15 is 0 Å². The lowest BCUT2D eigenvalue weighted by Gasteiger charge is -2.17. The van der Waals surface area contributed by atoms with Crippen LogP contribution in [0.1, 0.15) is 26.7 Å². The lowest BCUT2D eigenvalue weighted by Crippen LogP contribution is -2.24. The van der Waals surface area contributed by atoms with E-state index in [1.165, 1.54) is 18.7 Å². The Bertz CT molecular complexity index is 264. The second kappa shape index (κ2) is 7.71. The molecule has 0 spiro atoms. The van der Waals surface area contributed by atoms with Gasteiger partial charge in [-0.25, -0.2) is 0 Å². The van der Waals surface area contributed by atoms with E-state index in [0.29, 0.717) is 18.3 Å². The maximum Gasteiger partial charge on any atom is 0.309 e.